The van der Waals surface area contributed by atoms with Gasteiger partial charge in [-0.2, -0.15) is 0 Å². The molecule has 0 aliphatic rings. The van der Waals surface area contributed by atoms with Gasteiger partial charge in [0.2, 0.25) is 0 Å². The van der Waals surface area contributed by atoms with Crippen molar-refractivity contribution >= 4 is 8.84 Å². The van der Waals surface area contributed by atoms with Gasteiger partial charge in [-0.25, -0.2) is 0 Å². The Morgan fingerprint density at radius 1 is 1.57 bits per heavy atom. The normalized spacial score (nSPS) is 8.43. The molecule has 0 spiro atoms. The largest absolute Gasteiger partial charge is 0.393 e. The summed E-state index contributed by atoms with van der Waals surface area (Å²) in [7, 11) is 2.31. The third-order valence-electron chi connectivity index (χ3n) is 0.801. The maximum absolute atomic E-state index is 10.6. The lowest BCUT2D eigenvalue weighted by Gasteiger charge is -2.04. The predicted molar refractivity (Wildman–Crippen MR) is 30.6 cm³/mol. The number of hydrogen-bond acceptors (Lipinski definition) is 1. The van der Waals surface area contributed by atoms with Crippen LogP contribution in [0.3, 0.4) is 0 Å². The monoisotopic (exact) mass is 117 g/mol. The Bertz CT molecular complexity index is 72.1. The molecular formula is C4H11NOSi. The van der Waals surface area contributed by atoms with E-state index in [1.54, 1.807) is 4.57 Å². The first-order chi connectivity index (χ1) is 3.18. The molecule has 7 heavy (non-hydrogen) atoms. The molecule has 0 aliphatic carbocycles. The Balaban J connectivity index is 3.35. The smallest absolute Gasteiger partial charge is 0.383 e. The van der Waals surface area contributed by atoms with Crippen LogP contribution >= 0.6 is 0 Å². The average Bonchev–Trinajstić information content (AvgIpc) is 1.65. The minimum Gasteiger partial charge on any atom is -0.383 e. The molecule has 0 unspecified atom stereocenters. The van der Waals surface area contributed by atoms with Gasteiger partial charge >= 0.3 is 8.84 Å². The van der Waals surface area contributed by atoms with Crippen LogP contribution in [0, 0.1) is 0 Å². The van der Waals surface area contributed by atoms with Gasteiger partial charge in [0.15, 0.2) is 0 Å². The van der Waals surface area contributed by atoms with E-state index in [4.69, 9.17) is 0 Å². The van der Waals surface area contributed by atoms with Crippen molar-refractivity contribution in [2.24, 2.45) is 0 Å². The standard InChI is InChI=1S/C4H11NOSi/c1-4-7(6)5(2)3/h4H2,1-3H3. The maximum atomic E-state index is 10.6. The third kappa shape index (κ3) is 2.50. The van der Waals surface area contributed by atoms with Gasteiger partial charge in [-0.05, 0) is 14.1 Å². The van der Waals surface area contributed by atoms with Gasteiger partial charge in [-0.1, -0.05) is 6.92 Å². The third-order valence-corrected chi connectivity index (χ3v) is 2.40. The van der Waals surface area contributed by atoms with Gasteiger partial charge in [0.1, 0.15) is 0 Å². The lowest BCUT2D eigenvalue weighted by atomic mass is 11.0. The van der Waals surface area contributed by atoms with Crippen LogP contribution in [0.25, 0.3) is 0 Å². The highest BCUT2D eigenvalue weighted by Crippen LogP contribution is 1.80. The van der Waals surface area contributed by atoms with Crippen LogP contribution in [0.2, 0.25) is 6.04 Å². The molecule has 0 atom stereocenters. The molecule has 0 fully saturated rings. The van der Waals surface area contributed by atoms with Crippen molar-refractivity contribution in [1.29, 1.82) is 0 Å². The molecule has 0 saturated heterocycles. The Kier molecular flexibility index (Phi) is 2.83. The summed E-state index contributed by atoms with van der Waals surface area (Å²) in [6, 6.07) is 0.789. The van der Waals surface area contributed by atoms with Gasteiger partial charge in [-0.3, -0.25) is 0 Å². The first-order valence-electron chi connectivity index (χ1n) is 2.38. The van der Waals surface area contributed by atoms with Gasteiger partial charge in [0.05, 0.1) is 0 Å². The van der Waals surface area contributed by atoms with Crippen molar-refractivity contribution in [2.45, 2.75) is 13.0 Å². The van der Waals surface area contributed by atoms with E-state index in [-0.39, 0.29) is 0 Å². The predicted octanol–water partition coefficient (Wildman–Crippen LogP) is 0.487. The fraction of sp³-hybridized carbons (Fsp3) is 1.00. The number of rotatable bonds is 2. The van der Waals surface area contributed by atoms with Gasteiger partial charge in [0.25, 0.3) is 0 Å². The van der Waals surface area contributed by atoms with Crippen LogP contribution in [-0.4, -0.2) is 27.5 Å². The van der Waals surface area contributed by atoms with E-state index in [1.807, 2.05) is 21.0 Å². The van der Waals surface area contributed by atoms with Crippen LogP contribution in [0.4, 0.5) is 0 Å². The first-order valence-corrected chi connectivity index (χ1v) is 3.95. The van der Waals surface area contributed by atoms with Crippen LogP contribution in [0.1, 0.15) is 6.92 Å². The van der Waals surface area contributed by atoms with Gasteiger partial charge in [0, 0.05) is 6.04 Å². The van der Waals surface area contributed by atoms with Crippen LogP contribution in [-0.2, 0) is 4.46 Å². The van der Waals surface area contributed by atoms with Crippen LogP contribution in [0.15, 0.2) is 0 Å². The molecule has 3 heteroatoms. The summed E-state index contributed by atoms with van der Waals surface area (Å²) >= 11 is 0. The highest BCUT2D eigenvalue weighted by Gasteiger charge is 2.00. The minimum atomic E-state index is -1.36. The lowest BCUT2D eigenvalue weighted by molar-refractivity contribution is 0.490. The molecule has 0 aromatic heterocycles. The van der Waals surface area contributed by atoms with Crippen molar-refractivity contribution in [3.63, 3.8) is 0 Å². The van der Waals surface area contributed by atoms with Crippen molar-refractivity contribution in [3.05, 3.63) is 0 Å². The van der Waals surface area contributed by atoms with E-state index < -0.39 is 8.84 Å². The summed E-state index contributed by atoms with van der Waals surface area (Å²) in [5, 5.41) is 0. The summed E-state index contributed by atoms with van der Waals surface area (Å²) in [5.74, 6) is 0. The molecule has 0 heterocycles. The molecule has 0 saturated carbocycles. The summed E-state index contributed by atoms with van der Waals surface area (Å²) < 4.78 is 12.4. The maximum Gasteiger partial charge on any atom is 0.393 e. The molecule has 42 valence electrons. The first kappa shape index (κ1) is 6.82. The Morgan fingerprint density at radius 2 is 2.00 bits per heavy atom. The molecule has 0 aromatic rings. The van der Waals surface area contributed by atoms with Crippen molar-refractivity contribution in [3.8, 4) is 0 Å². The molecule has 0 amide bonds. The van der Waals surface area contributed by atoms with Crippen molar-refractivity contribution in [2.75, 3.05) is 14.1 Å². The zero-order valence-corrected chi connectivity index (χ0v) is 6.06. The van der Waals surface area contributed by atoms with E-state index in [9.17, 15) is 4.46 Å². The molecule has 0 aromatic carbocycles. The fourth-order valence-electron chi connectivity index (χ4n) is 0.316. The van der Waals surface area contributed by atoms with Gasteiger partial charge in [-0.15, -0.1) is 0 Å². The lowest BCUT2D eigenvalue weighted by Crippen LogP contribution is -2.22. The fourth-order valence-corrected chi connectivity index (χ4v) is 0.949. The number of hydrogen-bond donors (Lipinski definition) is 0. The Morgan fingerprint density at radius 3 is 2.00 bits per heavy atom. The quantitative estimate of drug-likeness (QED) is 0.490. The average molecular weight is 117 g/mol. The Labute approximate surface area is 45.9 Å². The highest BCUT2D eigenvalue weighted by atomic mass is 28.3. The van der Waals surface area contributed by atoms with Crippen LogP contribution in [0.5, 0.6) is 0 Å². The molecule has 2 nitrogen and oxygen atoms in total. The van der Waals surface area contributed by atoms with E-state index in [1.165, 1.54) is 0 Å². The Hall–Kier alpha value is -0.183. The van der Waals surface area contributed by atoms with E-state index in [0.29, 0.717) is 0 Å². The summed E-state index contributed by atoms with van der Waals surface area (Å²) in [6.45, 7) is 1.93. The summed E-state index contributed by atoms with van der Waals surface area (Å²) in [5.41, 5.74) is 0. The van der Waals surface area contributed by atoms with Crippen molar-refractivity contribution in [1.82, 2.24) is 4.57 Å². The highest BCUT2D eigenvalue weighted by molar-refractivity contribution is 6.38. The number of nitrogens with zero attached hydrogens (tertiary/aromatic N) is 1. The molecule has 0 radical (unpaired) electrons. The van der Waals surface area contributed by atoms with E-state index >= 15 is 0 Å². The van der Waals surface area contributed by atoms with Crippen LogP contribution < -0.4 is 0 Å². The molecule has 0 aliphatic heterocycles. The second kappa shape index (κ2) is 2.90. The van der Waals surface area contributed by atoms with E-state index in [0.717, 1.165) is 6.04 Å². The second-order valence-electron chi connectivity index (χ2n) is 1.64. The molecule has 0 N–H and O–H groups in total. The molecular weight excluding hydrogens is 106 g/mol. The zero-order chi connectivity index (χ0) is 5.86. The van der Waals surface area contributed by atoms with Gasteiger partial charge < -0.3 is 9.03 Å². The summed E-state index contributed by atoms with van der Waals surface area (Å²) in [4.78, 5) is 0. The summed E-state index contributed by atoms with van der Waals surface area (Å²) in [6.07, 6.45) is 0. The topological polar surface area (TPSA) is 20.3 Å². The second-order valence-corrected chi connectivity index (χ2v) is 4.03. The SMILES string of the molecule is CC[Si](=O)N(C)C. The van der Waals surface area contributed by atoms with Crippen molar-refractivity contribution < 1.29 is 4.46 Å². The minimum absolute atomic E-state index is 0.789. The van der Waals surface area contributed by atoms with E-state index in [2.05, 4.69) is 0 Å². The molecule has 0 rings (SSSR count). The zero-order valence-electron chi connectivity index (χ0n) is 5.06. The molecule has 0 bridgehead atoms.